The zero-order chi connectivity index (χ0) is 9.97. The van der Waals surface area contributed by atoms with Crippen LogP contribution in [0.3, 0.4) is 0 Å². The number of rotatable bonds is 1. The average Bonchev–Trinajstić information content (AvgIpc) is 2.23. The molecule has 2 rings (SSSR count). The Bertz CT molecular complexity index is 492. The summed E-state index contributed by atoms with van der Waals surface area (Å²) in [4.78, 5) is 21.3. The van der Waals surface area contributed by atoms with Gasteiger partial charge < -0.3 is 10.7 Å². The van der Waals surface area contributed by atoms with Crippen molar-refractivity contribution in [3.8, 4) is 11.3 Å². The van der Waals surface area contributed by atoms with Crippen LogP contribution >= 0.6 is 0 Å². The van der Waals surface area contributed by atoms with Crippen LogP contribution in [0.15, 0.2) is 35.6 Å². The highest BCUT2D eigenvalue weighted by atomic mass is 16.1. The van der Waals surface area contributed by atoms with Gasteiger partial charge in [-0.15, -0.1) is 0 Å². The summed E-state index contributed by atoms with van der Waals surface area (Å²) in [5.74, 6) is 0. The van der Waals surface area contributed by atoms with E-state index in [2.05, 4.69) is 15.0 Å². The second kappa shape index (κ2) is 3.29. The molecule has 70 valence electrons. The Labute approximate surface area is 79.6 Å². The highest BCUT2D eigenvalue weighted by molar-refractivity contribution is 5.61. The zero-order valence-electron chi connectivity index (χ0n) is 7.27. The number of nitrogens with two attached hydrogens (primary N) is 1. The van der Waals surface area contributed by atoms with Crippen LogP contribution in [0.5, 0.6) is 0 Å². The second-order valence-corrected chi connectivity index (χ2v) is 2.77. The van der Waals surface area contributed by atoms with Crippen LogP contribution in [0, 0.1) is 0 Å². The van der Waals surface area contributed by atoms with Crippen molar-refractivity contribution >= 4 is 5.69 Å². The van der Waals surface area contributed by atoms with Crippen LogP contribution in [0.1, 0.15) is 0 Å². The smallest absolute Gasteiger partial charge is 0.271 e. The van der Waals surface area contributed by atoms with E-state index in [9.17, 15) is 4.79 Å². The number of pyridine rings is 1. The maximum absolute atomic E-state index is 11.0. The van der Waals surface area contributed by atoms with Crippen LogP contribution in [-0.2, 0) is 0 Å². The predicted molar refractivity (Wildman–Crippen MR) is 52.5 cm³/mol. The van der Waals surface area contributed by atoms with Crippen LogP contribution in [0.2, 0.25) is 0 Å². The highest BCUT2D eigenvalue weighted by Crippen LogP contribution is 2.14. The van der Waals surface area contributed by atoms with Crippen LogP contribution in [0.4, 0.5) is 5.69 Å². The zero-order valence-corrected chi connectivity index (χ0v) is 7.27. The lowest BCUT2D eigenvalue weighted by Crippen LogP contribution is -2.10. The fourth-order valence-electron chi connectivity index (χ4n) is 1.11. The Morgan fingerprint density at radius 1 is 1.43 bits per heavy atom. The molecule has 5 nitrogen and oxygen atoms in total. The van der Waals surface area contributed by atoms with Crippen molar-refractivity contribution in [3.05, 3.63) is 41.2 Å². The summed E-state index contributed by atoms with van der Waals surface area (Å²) >= 11 is 0. The van der Waals surface area contributed by atoms with Crippen molar-refractivity contribution in [2.75, 3.05) is 5.73 Å². The van der Waals surface area contributed by atoms with Gasteiger partial charge in [0.1, 0.15) is 6.33 Å². The molecule has 2 aromatic rings. The number of nitrogens with one attached hydrogen (secondary N) is 1. The largest absolute Gasteiger partial charge is 0.394 e. The molecule has 14 heavy (non-hydrogen) atoms. The molecule has 0 amide bonds. The van der Waals surface area contributed by atoms with E-state index in [0.29, 0.717) is 0 Å². The Balaban J connectivity index is 2.54. The summed E-state index contributed by atoms with van der Waals surface area (Å²) < 4.78 is 0. The molecule has 0 radical (unpaired) electrons. The lowest BCUT2D eigenvalue weighted by molar-refractivity contribution is 1.16. The lowest BCUT2D eigenvalue weighted by atomic mass is 10.2. The Kier molecular flexibility index (Phi) is 1.98. The Morgan fingerprint density at radius 2 is 2.29 bits per heavy atom. The molecule has 0 saturated heterocycles. The van der Waals surface area contributed by atoms with Gasteiger partial charge in [-0.1, -0.05) is 0 Å². The van der Waals surface area contributed by atoms with Gasteiger partial charge in [0.05, 0.1) is 11.4 Å². The summed E-state index contributed by atoms with van der Waals surface area (Å²) in [5, 5.41) is 0. The number of nitrogen functional groups attached to an aromatic ring is 1. The van der Waals surface area contributed by atoms with E-state index >= 15 is 0 Å². The van der Waals surface area contributed by atoms with Gasteiger partial charge in [0.25, 0.3) is 5.56 Å². The Morgan fingerprint density at radius 3 is 2.93 bits per heavy atom. The summed E-state index contributed by atoms with van der Waals surface area (Å²) in [6, 6.07) is 3.33. The first kappa shape index (κ1) is 8.43. The summed E-state index contributed by atoms with van der Waals surface area (Å²) in [6.45, 7) is 0. The first-order valence-corrected chi connectivity index (χ1v) is 4.02. The number of nitrogens with zero attached hydrogens (tertiary/aromatic N) is 2. The van der Waals surface area contributed by atoms with Gasteiger partial charge in [0, 0.05) is 18.0 Å². The Hall–Kier alpha value is -2.17. The molecular weight excluding hydrogens is 180 g/mol. The molecule has 0 aliphatic rings. The van der Waals surface area contributed by atoms with Gasteiger partial charge in [-0.25, -0.2) is 9.97 Å². The summed E-state index contributed by atoms with van der Waals surface area (Å²) in [6.07, 6.45) is 4.64. The molecule has 0 atom stereocenters. The van der Waals surface area contributed by atoms with Gasteiger partial charge in [-0.2, -0.15) is 0 Å². The third-order valence-electron chi connectivity index (χ3n) is 1.81. The number of hydrogen-bond acceptors (Lipinski definition) is 4. The fourth-order valence-corrected chi connectivity index (χ4v) is 1.11. The number of aromatic amines is 1. The third kappa shape index (κ3) is 1.47. The van der Waals surface area contributed by atoms with Crippen molar-refractivity contribution in [1.29, 1.82) is 0 Å². The molecule has 0 unspecified atom stereocenters. The van der Waals surface area contributed by atoms with Gasteiger partial charge in [0.15, 0.2) is 0 Å². The maximum Gasteiger partial charge on any atom is 0.271 e. The van der Waals surface area contributed by atoms with E-state index < -0.39 is 0 Å². The molecule has 0 spiro atoms. The molecular formula is C9H8N4O. The highest BCUT2D eigenvalue weighted by Gasteiger charge is 2.00. The predicted octanol–water partition coefficient (Wildman–Crippen LogP) is 0.414. The van der Waals surface area contributed by atoms with Crippen molar-refractivity contribution in [2.45, 2.75) is 0 Å². The van der Waals surface area contributed by atoms with Gasteiger partial charge in [-0.05, 0) is 12.1 Å². The molecule has 2 aromatic heterocycles. The topological polar surface area (TPSA) is 84.7 Å². The second-order valence-electron chi connectivity index (χ2n) is 2.77. The van der Waals surface area contributed by atoms with Gasteiger partial charge >= 0.3 is 0 Å². The van der Waals surface area contributed by atoms with Crippen molar-refractivity contribution in [3.63, 3.8) is 0 Å². The van der Waals surface area contributed by atoms with Gasteiger partial charge in [0.2, 0.25) is 0 Å². The molecule has 2 heterocycles. The molecule has 0 bridgehead atoms. The molecule has 0 saturated carbocycles. The van der Waals surface area contributed by atoms with Crippen molar-refractivity contribution in [1.82, 2.24) is 15.0 Å². The standard InChI is InChI=1S/C9H8N4O/c10-7-3-6(4-12-9(7)14)8-1-2-11-5-13-8/h1-5H,10H2,(H,12,14). The first-order valence-electron chi connectivity index (χ1n) is 4.02. The third-order valence-corrected chi connectivity index (χ3v) is 1.81. The van der Waals surface area contributed by atoms with E-state index in [0.717, 1.165) is 11.3 Å². The summed E-state index contributed by atoms with van der Waals surface area (Å²) in [5.41, 5.74) is 6.86. The van der Waals surface area contributed by atoms with E-state index in [-0.39, 0.29) is 11.2 Å². The molecule has 0 aliphatic heterocycles. The number of aromatic nitrogens is 3. The first-order chi connectivity index (χ1) is 6.77. The number of H-pyrrole nitrogens is 1. The quantitative estimate of drug-likeness (QED) is 0.679. The monoisotopic (exact) mass is 188 g/mol. The maximum atomic E-state index is 11.0. The summed E-state index contributed by atoms with van der Waals surface area (Å²) in [7, 11) is 0. The number of hydrogen-bond donors (Lipinski definition) is 2. The van der Waals surface area contributed by atoms with E-state index in [4.69, 9.17) is 5.73 Å². The molecule has 0 fully saturated rings. The molecule has 3 N–H and O–H groups in total. The van der Waals surface area contributed by atoms with Crippen molar-refractivity contribution in [2.24, 2.45) is 0 Å². The normalized spacial score (nSPS) is 10.0. The van der Waals surface area contributed by atoms with Crippen LogP contribution < -0.4 is 11.3 Å². The molecule has 5 heteroatoms. The van der Waals surface area contributed by atoms with E-state index in [1.54, 1.807) is 24.5 Å². The molecule has 0 aliphatic carbocycles. The van der Waals surface area contributed by atoms with E-state index in [1.165, 1.54) is 6.33 Å². The van der Waals surface area contributed by atoms with Crippen LogP contribution in [-0.4, -0.2) is 15.0 Å². The lowest BCUT2D eigenvalue weighted by Gasteiger charge is -1.99. The minimum absolute atomic E-state index is 0.182. The van der Waals surface area contributed by atoms with Crippen LogP contribution in [0.25, 0.3) is 11.3 Å². The average molecular weight is 188 g/mol. The SMILES string of the molecule is Nc1cc(-c2ccncn2)c[nH]c1=O. The minimum atomic E-state index is -0.289. The molecule has 0 aromatic carbocycles. The van der Waals surface area contributed by atoms with Gasteiger partial charge in [-0.3, -0.25) is 4.79 Å². The van der Waals surface area contributed by atoms with E-state index in [1.807, 2.05) is 0 Å². The fraction of sp³-hybridized carbons (Fsp3) is 0. The van der Waals surface area contributed by atoms with Crippen molar-refractivity contribution < 1.29 is 0 Å². The number of anilines is 1. The minimum Gasteiger partial charge on any atom is -0.394 e.